The highest BCUT2D eigenvalue weighted by atomic mass is 16.3. The van der Waals surface area contributed by atoms with Crippen LogP contribution in [0.3, 0.4) is 0 Å². The van der Waals surface area contributed by atoms with E-state index in [0.717, 1.165) is 5.56 Å². The number of para-hydroxylation sites is 1. The number of carbonyl (C=O) groups is 1. The number of aromatic nitrogens is 4. The molecule has 1 unspecified atom stereocenters. The number of H-pyrrole nitrogens is 1. The Morgan fingerprint density at radius 1 is 1.23 bits per heavy atom. The van der Waals surface area contributed by atoms with E-state index >= 15 is 0 Å². The van der Waals surface area contributed by atoms with E-state index in [1.54, 1.807) is 30.6 Å². The predicted molar refractivity (Wildman–Crippen MR) is 96.5 cm³/mol. The number of nitrogens with one attached hydrogen (secondary N) is 3. The Morgan fingerprint density at radius 3 is 2.73 bits per heavy atom. The van der Waals surface area contributed by atoms with E-state index in [1.165, 1.54) is 6.07 Å². The molecule has 1 atom stereocenters. The summed E-state index contributed by atoms with van der Waals surface area (Å²) in [6.07, 6.45) is 3.95. The molecule has 8 nitrogen and oxygen atoms in total. The fourth-order valence-electron chi connectivity index (χ4n) is 2.53. The zero-order valence-electron chi connectivity index (χ0n) is 14.3. The third-order valence-corrected chi connectivity index (χ3v) is 3.91. The Hall–Kier alpha value is -3.26. The van der Waals surface area contributed by atoms with Gasteiger partial charge in [-0.2, -0.15) is 5.10 Å². The molecule has 0 radical (unpaired) electrons. The van der Waals surface area contributed by atoms with E-state index in [-0.39, 0.29) is 23.3 Å². The normalized spacial score (nSPS) is 11.9. The molecule has 0 bridgehead atoms. The molecule has 0 saturated heterocycles. The molecule has 0 aliphatic heterocycles. The highest BCUT2D eigenvalue weighted by Crippen LogP contribution is 2.20. The molecule has 1 amide bonds. The highest BCUT2D eigenvalue weighted by Gasteiger charge is 2.21. The minimum atomic E-state index is -0.377. The number of benzene rings is 1. The number of hydrogen-bond acceptors (Lipinski definition) is 6. The first-order valence-corrected chi connectivity index (χ1v) is 8.25. The Bertz CT molecular complexity index is 865. The largest absolute Gasteiger partial charge is 0.507 e. The molecule has 1 aromatic carbocycles. The monoisotopic (exact) mass is 352 g/mol. The molecule has 3 rings (SSSR count). The molecule has 0 aliphatic rings. The summed E-state index contributed by atoms with van der Waals surface area (Å²) in [7, 11) is 1.84. The number of pyridine rings is 1. The molecule has 0 spiro atoms. The number of aromatic amines is 1. The van der Waals surface area contributed by atoms with Crippen LogP contribution < -0.4 is 10.6 Å². The van der Waals surface area contributed by atoms with E-state index < -0.39 is 0 Å². The second kappa shape index (κ2) is 8.21. The van der Waals surface area contributed by atoms with Crippen LogP contribution in [0.25, 0.3) is 11.4 Å². The zero-order chi connectivity index (χ0) is 18.4. The summed E-state index contributed by atoms with van der Waals surface area (Å²) in [5.74, 6) is 0.656. The van der Waals surface area contributed by atoms with Crippen molar-refractivity contribution in [3.8, 4) is 17.1 Å². The standard InChI is InChI=1S/C18H20N6O2/c1-19-9-8-14(21-18(26)13-4-2-3-5-15(13)25)17-22-16(23-24-17)12-6-10-20-11-7-12/h2-7,10-11,14,19,25H,8-9H2,1H3,(H,21,26)(H,22,23,24). The Morgan fingerprint density at radius 2 is 2.00 bits per heavy atom. The molecular weight excluding hydrogens is 332 g/mol. The van der Waals surface area contributed by atoms with Gasteiger partial charge in [0.2, 0.25) is 0 Å². The van der Waals surface area contributed by atoms with Gasteiger partial charge < -0.3 is 15.7 Å². The second-order valence-corrected chi connectivity index (χ2v) is 5.72. The Kier molecular flexibility index (Phi) is 5.55. The highest BCUT2D eigenvalue weighted by molar-refractivity contribution is 5.96. The quantitative estimate of drug-likeness (QED) is 0.514. The van der Waals surface area contributed by atoms with Gasteiger partial charge in [-0.3, -0.25) is 14.9 Å². The molecule has 26 heavy (non-hydrogen) atoms. The number of hydrogen-bond donors (Lipinski definition) is 4. The summed E-state index contributed by atoms with van der Waals surface area (Å²) in [6, 6.07) is 9.68. The van der Waals surface area contributed by atoms with Crippen LogP contribution in [0.2, 0.25) is 0 Å². The van der Waals surface area contributed by atoms with Gasteiger partial charge in [0.15, 0.2) is 5.82 Å². The van der Waals surface area contributed by atoms with Gasteiger partial charge >= 0.3 is 0 Å². The zero-order valence-corrected chi connectivity index (χ0v) is 14.3. The van der Waals surface area contributed by atoms with E-state index in [4.69, 9.17) is 0 Å². The molecule has 0 fully saturated rings. The minimum Gasteiger partial charge on any atom is -0.507 e. The average Bonchev–Trinajstić information content (AvgIpc) is 3.16. The molecular formula is C18H20N6O2. The molecule has 134 valence electrons. The van der Waals surface area contributed by atoms with E-state index in [1.807, 2.05) is 19.2 Å². The number of carbonyl (C=O) groups excluding carboxylic acids is 1. The molecule has 2 heterocycles. The first-order valence-electron chi connectivity index (χ1n) is 8.25. The number of phenolic OH excluding ortho intramolecular Hbond substituents is 1. The lowest BCUT2D eigenvalue weighted by molar-refractivity contribution is 0.0930. The molecule has 4 N–H and O–H groups in total. The van der Waals surface area contributed by atoms with Crippen LogP contribution in [0.15, 0.2) is 48.8 Å². The average molecular weight is 352 g/mol. The maximum atomic E-state index is 12.5. The van der Waals surface area contributed by atoms with Crippen molar-refractivity contribution in [3.05, 3.63) is 60.2 Å². The number of rotatable bonds is 7. The summed E-state index contributed by atoms with van der Waals surface area (Å²) in [6.45, 7) is 0.678. The number of phenols is 1. The first kappa shape index (κ1) is 17.6. The van der Waals surface area contributed by atoms with Gasteiger partial charge in [0.05, 0.1) is 11.6 Å². The van der Waals surface area contributed by atoms with Crippen LogP contribution >= 0.6 is 0 Å². The molecule has 0 saturated carbocycles. The van der Waals surface area contributed by atoms with E-state index in [2.05, 4.69) is 30.8 Å². The summed E-state index contributed by atoms with van der Waals surface area (Å²) >= 11 is 0. The smallest absolute Gasteiger partial charge is 0.255 e. The van der Waals surface area contributed by atoms with Crippen molar-refractivity contribution < 1.29 is 9.90 Å². The fraction of sp³-hybridized carbons (Fsp3) is 0.222. The summed E-state index contributed by atoms with van der Waals surface area (Å²) in [4.78, 5) is 21.0. The number of nitrogens with zero attached hydrogens (tertiary/aromatic N) is 3. The van der Waals surface area contributed by atoms with Crippen molar-refractivity contribution in [1.82, 2.24) is 30.8 Å². The van der Waals surface area contributed by atoms with Crippen molar-refractivity contribution in [1.29, 1.82) is 0 Å². The van der Waals surface area contributed by atoms with Crippen LogP contribution in [0.1, 0.15) is 28.6 Å². The van der Waals surface area contributed by atoms with Crippen molar-refractivity contribution >= 4 is 5.91 Å². The van der Waals surface area contributed by atoms with E-state index in [0.29, 0.717) is 24.6 Å². The third-order valence-electron chi connectivity index (χ3n) is 3.91. The maximum absolute atomic E-state index is 12.5. The van der Waals surface area contributed by atoms with Crippen LogP contribution in [0.4, 0.5) is 0 Å². The lowest BCUT2D eigenvalue weighted by Crippen LogP contribution is -2.31. The number of aromatic hydroxyl groups is 1. The molecule has 2 aromatic heterocycles. The van der Waals surface area contributed by atoms with Crippen LogP contribution in [-0.4, -0.2) is 44.8 Å². The summed E-state index contributed by atoms with van der Waals surface area (Å²) < 4.78 is 0. The van der Waals surface area contributed by atoms with Crippen molar-refractivity contribution in [2.24, 2.45) is 0 Å². The van der Waals surface area contributed by atoms with Crippen molar-refractivity contribution in [2.45, 2.75) is 12.5 Å². The van der Waals surface area contributed by atoms with Gasteiger partial charge in [0.1, 0.15) is 11.6 Å². The fourth-order valence-corrected chi connectivity index (χ4v) is 2.53. The van der Waals surface area contributed by atoms with Crippen LogP contribution in [0, 0.1) is 0 Å². The van der Waals surface area contributed by atoms with Gasteiger partial charge in [0, 0.05) is 18.0 Å². The molecule has 3 aromatic rings. The summed E-state index contributed by atoms with van der Waals surface area (Å²) in [5, 5.41) is 23.0. The lowest BCUT2D eigenvalue weighted by atomic mass is 10.1. The van der Waals surface area contributed by atoms with Crippen LogP contribution in [-0.2, 0) is 0 Å². The molecule has 8 heteroatoms. The second-order valence-electron chi connectivity index (χ2n) is 5.72. The first-order chi connectivity index (χ1) is 12.7. The van der Waals surface area contributed by atoms with Crippen molar-refractivity contribution in [3.63, 3.8) is 0 Å². The summed E-state index contributed by atoms with van der Waals surface area (Å²) in [5.41, 5.74) is 1.05. The van der Waals surface area contributed by atoms with E-state index in [9.17, 15) is 9.90 Å². The Balaban J connectivity index is 1.81. The van der Waals surface area contributed by atoms with Gasteiger partial charge in [0.25, 0.3) is 5.91 Å². The topological polar surface area (TPSA) is 116 Å². The van der Waals surface area contributed by atoms with Gasteiger partial charge in [-0.1, -0.05) is 12.1 Å². The SMILES string of the molecule is CNCCC(NC(=O)c1ccccc1O)c1nc(-c2ccncc2)n[nH]1. The van der Waals surface area contributed by atoms with Gasteiger partial charge in [-0.25, -0.2) is 4.98 Å². The predicted octanol–water partition coefficient (Wildman–Crippen LogP) is 1.65. The third kappa shape index (κ3) is 4.04. The lowest BCUT2D eigenvalue weighted by Gasteiger charge is -2.16. The Labute approximate surface area is 150 Å². The minimum absolute atomic E-state index is 0.0626. The number of amides is 1. The molecule has 0 aliphatic carbocycles. The van der Waals surface area contributed by atoms with Gasteiger partial charge in [-0.15, -0.1) is 0 Å². The van der Waals surface area contributed by atoms with Crippen LogP contribution in [0.5, 0.6) is 5.75 Å². The maximum Gasteiger partial charge on any atom is 0.255 e. The van der Waals surface area contributed by atoms with Crippen molar-refractivity contribution in [2.75, 3.05) is 13.6 Å². The van der Waals surface area contributed by atoms with Gasteiger partial charge in [-0.05, 0) is 44.3 Å².